The van der Waals surface area contributed by atoms with Crippen LogP contribution in [0.4, 0.5) is 0 Å². The van der Waals surface area contributed by atoms with E-state index in [0.29, 0.717) is 6.42 Å². The van der Waals surface area contributed by atoms with Crippen molar-refractivity contribution in [2.24, 2.45) is 0 Å². The molecule has 0 aromatic rings. The SMILES string of the molecule is CCNC(C)CC(=O)NCC(OC)C(=O)O. The highest BCUT2D eigenvalue weighted by Crippen LogP contribution is 1.92. The zero-order chi connectivity index (χ0) is 12.6. The molecule has 94 valence electrons. The van der Waals surface area contributed by atoms with Crippen LogP contribution in [0.5, 0.6) is 0 Å². The second-order valence-corrected chi connectivity index (χ2v) is 3.53. The zero-order valence-corrected chi connectivity index (χ0v) is 9.95. The second-order valence-electron chi connectivity index (χ2n) is 3.53. The van der Waals surface area contributed by atoms with Crippen molar-refractivity contribution in [2.45, 2.75) is 32.4 Å². The third-order valence-corrected chi connectivity index (χ3v) is 2.09. The van der Waals surface area contributed by atoms with Gasteiger partial charge in [-0.05, 0) is 13.5 Å². The summed E-state index contributed by atoms with van der Waals surface area (Å²) in [5, 5.41) is 14.3. The van der Waals surface area contributed by atoms with Crippen LogP contribution in [-0.4, -0.2) is 49.3 Å². The lowest BCUT2D eigenvalue weighted by Crippen LogP contribution is -2.40. The molecule has 0 rings (SSSR count). The summed E-state index contributed by atoms with van der Waals surface area (Å²) in [6, 6.07) is 0.0795. The Bertz CT molecular complexity index is 233. The van der Waals surface area contributed by atoms with Crippen LogP contribution in [0.25, 0.3) is 0 Å². The van der Waals surface area contributed by atoms with Crippen molar-refractivity contribution >= 4 is 11.9 Å². The molecule has 0 bridgehead atoms. The number of hydrogen-bond donors (Lipinski definition) is 3. The van der Waals surface area contributed by atoms with E-state index in [1.165, 1.54) is 7.11 Å². The van der Waals surface area contributed by atoms with Crippen LogP contribution in [0.2, 0.25) is 0 Å². The summed E-state index contributed by atoms with van der Waals surface area (Å²) in [6.07, 6.45) is -0.664. The lowest BCUT2D eigenvalue weighted by Gasteiger charge is -2.14. The number of hydrogen-bond acceptors (Lipinski definition) is 4. The van der Waals surface area contributed by atoms with E-state index in [2.05, 4.69) is 15.4 Å². The van der Waals surface area contributed by atoms with Crippen molar-refractivity contribution in [3.63, 3.8) is 0 Å². The van der Waals surface area contributed by atoms with Gasteiger partial charge in [-0.3, -0.25) is 4.79 Å². The third kappa shape index (κ3) is 6.36. The van der Waals surface area contributed by atoms with Crippen LogP contribution >= 0.6 is 0 Å². The Labute approximate surface area is 95.4 Å². The van der Waals surface area contributed by atoms with E-state index >= 15 is 0 Å². The largest absolute Gasteiger partial charge is 0.479 e. The van der Waals surface area contributed by atoms with Crippen molar-refractivity contribution in [1.29, 1.82) is 0 Å². The van der Waals surface area contributed by atoms with Crippen LogP contribution < -0.4 is 10.6 Å². The number of ether oxygens (including phenoxy) is 1. The molecule has 6 heteroatoms. The molecule has 0 spiro atoms. The van der Waals surface area contributed by atoms with Crippen molar-refractivity contribution in [3.8, 4) is 0 Å². The Morgan fingerprint density at radius 1 is 1.44 bits per heavy atom. The van der Waals surface area contributed by atoms with E-state index in [9.17, 15) is 9.59 Å². The maximum absolute atomic E-state index is 11.4. The number of carboxylic acids is 1. The fraction of sp³-hybridized carbons (Fsp3) is 0.800. The van der Waals surface area contributed by atoms with Crippen LogP contribution in [-0.2, 0) is 14.3 Å². The first-order valence-corrected chi connectivity index (χ1v) is 5.26. The van der Waals surface area contributed by atoms with Gasteiger partial charge < -0.3 is 20.5 Å². The predicted molar refractivity (Wildman–Crippen MR) is 59.2 cm³/mol. The van der Waals surface area contributed by atoms with Crippen LogP contribution in [0.3, 0.4) is 0 Å². The normalized spacial score (nSPS) is 14.2. The molecule has 1 amide bonds. The molecule has 0 aliphatic carbocycles. The number of carbonyl (C=O) groups is 2. The zero-order valence-electron chi connectivity index (χ0n) is 9.95. The van der Waals surface area contributed by atoms with Crippen molar-refractivity contribution in [1.82, 2.24) is 10.6 Å². The van der Waals surface area contributed by atoms with Crippen LogP contribution in [0, 0.1) is 0 Å². The van der Waals surface area contributed by atoms with Gasteiger partial charge in [-0.25, -0.2) is 4.79 Å². The standard InChI is InChI=1S/C10H20N2O4/c1-4-11-7(2)5-9(13)12-6-8(16-3)10(14)15/h7-8,11H,4-6H2,1-3H3,(H,12,13)(H,14,15). The molecule has 16 heavy (non-hydrogen) atoms. The number of nitrogens with one attached hydrogen (secondary N) is 2. The lowest BCUT2D eigenvalue weighted by atomic mass is 10.2. The molecule has 0 aromatic carbocycles. The summed E-state index contributed by atoms with van der Waals surface area (Å²) < 4.78 is 4.68. The van der Waals surface area contributed by atoms with E-state index in [4.69, 9.17) is 5.11 Å². The Hall–Kier alpha value is -1.14. The number of aliphatic carboxylic acids is 1. The van der Waals surface area contributed by atoms with Gasteiger partial charge in [0.25, 0.3) is 0 Å². The highest BCUT2D eigenvalue weighted by molar-refractivity contribution is 5.78. The fourth-order valence-corrected chi connectivity index (χ4v) is 1.25. The first-order chi connectivity index (χ1) is 7.51. The molecule has 0 radical (unpaired) electrons. The maximum atomic E-state index is 11.4. The van der Waals surface area contributed by atoms with Gasteiger partial charge in [0, 0.05) is 19.6 Å². The van der Waals surface area contributed by atoms with Gasteiger partial charge in [-0.1, -0.05) is 6.92 Å². The van der Waals surface area contributed by atoms with E-state index in [1.807, 2.05) is 13.8 Å². The summed E-state index contributed by atoms with van der Waals surface area (Å²) in [4.78, 5) is 22.0. The molecule has 0 aromatic heterocycles. The number of rotatable bonds is 8. The predicted octanol–water partition coefficient (Wildman–Crippen LogP) is -0.410. The topological polar surface area (TPSA) is 87.7 Å². The van der Waals surface area contributed by atoms with Crippen molar-refractivity contribution in [3.05, 3.63) is 0 Å². The minimum atomic E-state index is -1.08. The van der Waals surface area contributed by atoms with Crippen LogP contribution in [0.15, 0.2) is 0 Å². The number of methoxy groups -OCH3 is 1. The highest BCUT2D eigenvalue weighted by atomic mass is 16.5. The number of carbonyl (C=O) groups excluding carboxylic acids is 1. The molecule has 2 atom stereocenters. The molecule has 0 aliphatic heterocycles. The second kappa shape index (κ2) is 8.06. The van der Waals surface area contributed by atoms with Gasteiger partial charge in [0.1, 0.15) is 0 Å². The summed E-state index contributed by atoms with van der Waals surface area (Å²) in [7, 11) is 1.30. The first kappa shape index (κ1) is 14.9. The molecule has 0 heterocycles. The molecule has 0 fully saturated rings. The molecule has 0 saturated carbocycles. The van der Waals surface area contributed by atoms with Crippen molar-refractivity contribution < 1.29 is 19.4 Å². The average molecular weight is 232 g/mol. The molecule has 6 nitrogen and oxygen atoms in total. The van der Waals surface area contributed by atoms with E-state index in [1.54, 1.807) is 0 Å². The average Bonchev–Trinajstić information content (AvgIpc) is 2.18. The minimum absolute atomic E-state index is 0.0104. The lowest BCUT2D eigenvalue weighted by molar-refractivity contribution is -0.148. The molecule has 0 saturated heterocycles. The van der Waals surface area contributed by atoms with Crippen LogP contribution in [0.1, 0.15) is 20.3 Å². The van der Waals surface area contributed by atoms with Crippen molar-refractivity contribution in [2.75, 3.05) is 20.2 Å². The Kier molecular flexibility index (Phi) is 7.49. The summed E-state index contributed by atoms with van der Waals surface area (Å²) >= 11 is 0. The fourth-order valence-electron chi connectivity index (χ4n) is 1.25. The van der Waals surface area contributed by atoms with Gasteiger partial charge in [0.15, 0.2) is 6.10 Å². The quantitative estimate of drug-likeness (QED) is 0.529. The Morgan fingerprint density at radius 2 is 2.06 bits per heavy atom. The summed E-state index contributed by atoms with van der Waals surface area (Å²) in [5.41, 5.74) is 0. The number of amides is 1. The summed E-state index contributed by atoms with van der Waals surface area (Å²) in [5.74, 6) is -1.26. The smallest absolute Gasteiger partial charge is 0.334 e. The van der Waals surface area contributed by atoms with Gasteiger partial charge in [0.2, 0.25) is 5.91 Å². The van der Waals surface area contributed by atoms with E-state index in [0.717, 1.165) is 6.54 Å². The maximum Gasteiger partial charge on any atom is 0.334 e. The third-order valence-electron chi connectivity index (χ3n) is 2.09. The summed E-state index contributed by atoms with van der Waals surface area (Å²) in [6.45, 7) is 4.64. The van der Waals surface area contributed by atoms with Gasteiger partial charge in [0.05, 0.1) is 6.54 Å². The molecular formula is C10H20N2O4. The first-order valence-electron chi connectivity index (χ1n) is 5.26. The van der Waals surface area contributed by atoms with E-state index < -0.39 is 12.1 Å². The van der Waals surface area contributed by atoms with Gasteiger partial charge in [-0.2, -0.15) is 0 Å². The van der Waals surface area contributed by atoms with Gasteiger partial charge >= 0.3 is 5.97 Å². The number of carboxylic acid groups (broad SMARTS) is 1. The Morgan fingerprint density at radius 3 is 2.50 bits per heavy atom. The minimum Gasteiger partial charge on any atom is -0.479 e. The monoisotopic (exact) mass is 232 g/mol. The molecule has 3 N–H and O–H groups in total. The van der Waals surface area contributed by atoms with Gasteiger partial charge in [-0.15, -0.1) is 0 Å². The molecular weight excluding hydrogens is 212 g/mol. The Balaban J connectivity index is 3.83. The molecule has 0 aliphatic rings. The molecule has 2 unspecified atom stereocenters. The van der Waals surface area contributed by atoms with E-state index in [-0.39, 0.29) is 18.5 Å². The highest BCUT2D eigenvalue weighted by Gasteiger charge is 2.17.